The van der Waals surface area contributed by atoms with Gasteiger partial charge in [-0.1, -0.05) is 0 Å². The first kappa shape index (κ1) is 10.8. The first-order valence-electron chi connectivity index (χ1n) is 4.31. The average molecular weight is 243 g/mol. The van der Waals surface area contributed by atoms with Gasteiger partial charge in [-0.15, -0.1) is 0 Å². The molecular formula is C8H9N3O4S. The first-order chi connectivity index (χ1) is 7.41. The zero-order chi connectivity index (χ0) is 11.9. The predicted molar refractivity (Wildman–Crippen MR) is 55.9 cm³/mol. The molecule has 0 saturated heterocycles. The molecule has 0 bridgehead atoms. The summed E-state index contributed by atoms with van der Waals surface area (Å²) in [6, 6.07) is 2.78. The molecule has 0 atom stereocenters. The minimum Gasteiger partial charge on any atom is -0.376 e. The second kappa shape index (κ2) is 3.42. The van der Waals surface area contributed by atoms with Gasteiger partial charge in [0, 0.05) is 14.1 Å². The summed E-state index contributed by atoms with van der Waals surface area (Å²) in [7, 11) is -0.774. The van der Waals surface area contributed by atoms with Crippen molar-refractivity contribution in [2.75, 3.05) is 19.0 Å². The average Bonchev–Trinajstić information content (AvgIpc) is 2.61. The van der Waals surface area contributed by atoms with Gasteiger partial charge in [-0.25, -0.2) is 4.63 Å². The van der Waals surface area contributed by atoms with Crippen LogP contribution >= 0.6 is 0 Å². The van der Waals surface area contributed by atoms with E-state index >= 15 is 0 Å². The highest BCUT2D eigenvalue weighted by Gasteiger charge is 2.20. The number of anilines is 1. The molecule has 0 aliphatic heterocycles. The number of hydrogen-bond donors (Lipinski definition) is 1. The van der Waals surface area contributed by atoms with E-state index in [1.165, 1.54) is 12.1 Å². The molecule has 0 amide bonds. The highest BCUT2D eigenvalue weighted by atomic mass is 32.2. The molecule has 1 heterocycles. The molecule has 2 aromatic rings. The van der Waals surface area contributed by atoms with Crippen molar-refractivity contribution in [1.29, 1.82) is 0 Å². The maximum atomic E-state index is 11.1. The van der Waals surface area contributed by atoms with Gasteiger partial charge in [-0.05, 0) is 22.4 Å². The van der Waals surface area contributed by atoms with Gasteiger partial charge in [0.1, 0.15) is 4.90 Å². The van der Waals surface area contributed by atoms with Gasteiger partial charge in [-0.3, -0.25) is 4.55 Å². The number of aromatic nitrogens is 2. The summed E-state index contributed by atoms with van der Waals surface area (Å²) < 4.78 is 35.6. The summed E-state index contributed by atoms with van der Waals surface area (Å²) in [5.41, 5.74) is 0.970. The molecule has 0 unspecified atom stereocenters. The Morgan fingerprint density at radius 3 is 2.44 bits per heavy atom. The van der Waals surface area contributed by atoms with Crippen molar-refractivity contribution >= 4 is 26.8 Å². The van der Waals surface area contributed by atoms with E-state index in [1.54, 1.807) is 19.0 Å². The van der Waals surface area contributed by atoms with E-state index in [9.17, 15) is 8.42 Å². The molecule has 8 heteroatoms. The van der Waals surface area contributed by atoms with Crippen LogP contribution in [0.5, 0.6) is 0 Å². The highest BCUT2D eigenvalue weighted by Crippen LogP contribution is 2.27. The summed E-state index contributed by atoms with van der Waals surface area (Å²) in [6.45, 7) is 0. The van der Waals surface area contributed by atoms with E-state index in [1.807, 2.05) is 0 Å². The van der Waals surface area contributed by atoms with E-state index in [0.717, 1.165) is 0 Å². The smallest absolute Gasteiger partial charge is 0.296 e. The lowest BCUT2D eigenvalue weighted by Crippen LogP contribution is -2.10. The molecular weight excluding hydrogens is 234 g/mol. The Hall–Kier alpha value is -1.67. The van der Waals surface area contributed by atoms with Crippen LogP contribution in [-0.4, -0.2) is 37.4 Å². The van der Waals surface area contributed by atoms with Crippen LogP contribution in [0.1, 0.15) is 0 Å². The van der Waals surface area contributed by atoms with Crippen LogP contribution in [0.15, 0.2) is 21.7 Å². The fourth-order valence-electron chi connectivity index (χ4n) is 1.40. The van der Waals surface area contributed by atoms with Gasteiger partial charge in [0.25, 0.3) is 10.1 Å². The van der Waals surface area contributed by atoms with Crippen molar-refractivity contribution in [2.24, 2.45) is 0 Å². The van der Waals surface area contributed by atoms with Gasteiger partial charge in [0.15, 0.2) is 11.0 Å². The Kier molecular flexibility index (Phi) is 2.32. The number of benzene rings is 1. The van der Waals surface area contributed by atoms with Crippen molar-refractivity contribution in [3.8, 4) is 0 Å². The lowest BCUT2D eigenvalue weighted by Gasteiger charge is -2.12. The molecule has 0 radical (unpaired) electrons. The first-order valence-corrected chi connectivity index (χ1v) is 5.75. The Labute approximate surface area is 91.4 Å². The zero-order valence-electron chi connectivity index (χ0n) is 8.58. The largest absolute Gasteiger partial charge is 0.376 e. The third-order valence-corrected chi connectivity index (χ3v) is 3.00. The number of nitrogens with zero attached hydrogens (tertiary/aromatic N) is 3. The maximum Gasteiger partial charge on any atom is 0.296 e. The Bertz CT molecular complexity index is 632. The van der Waals surface area contributed by atoms with Crippen molar-refractivity contribution in [3.63, 3.8) is 0 Å². The van der Waals surface area contributed by atoms with Gasteiger partial charge in [0.05, 0.1) is 5.69 Å². The summed E-state index contributed by atoms with van der Waals surface area (Å²) in [5, 5.41) is 7.09. The van der Waals surface area contributed by atoms with Crippen LogP contribution in [0.25, 0.3) is 11.0 Å². The summed E-state index contributed by atoms with van der Waals surface area (Å²) >= 11 is 0. The fraction of sp³-hybridized carbons (Fsp3) is 0.250. The predicted octanol–water partition coefficient (Wildman–Crippen LogP) is 0.535. The Balaban J connectivity index is 2.84. The topological polar surface area (TPSA) is 96.5 Å². The molecule has 1 aromatic heterocycles. The lowest BCUT2D eigenvalue weighted by atomic mass is 10.2. The van der Waals surface area contributed by atoms with E-state index in [0.29, 0.717) is 11.2 Å². The van der Waals surface area contributed by atoms with E-state index < -0.39 is 10.1 Å². The van der Waals surface area contributed by atoms with E-state index in [2.05, 4.69) is 14.9 Å². The minimum atomic E-state index is -4.32. The second-order valence-corrected chi connectivity index (χ2v) is 4.80. The van der Waals surface area contributed by atoms with Gasteiger partial charge >= 0.3 is 0 Å². The van der Waals surface area contributed by atoms with Gasteiger partial charge in [0.2, 0.25) is 0 Å². The molecule has 0 spiro atoms. The fourth-order valence-corrected chi connectivity index (χ4v) is 2.02. The van der Waals surface area contributed by atoms with Crippen molar-refractivity contribution in [2.45, 2.75) is 4.90 Å². The monoisotopic (exact) mass is 243 g/mol. The molecule has 86 valence electrons. The summed E-state index contributed by atoms with van der Waals surface area (Å²) in [5.74, 6) is 0. The van der Waals surface area contributed by atoms with Gasteiger partial charge in [-0.2, -0.15) is 8.42 Å². The summed E-state index contributed by atoms with van der Waals surface area (Å²) in [6.07, 6.45) is 0. The van der Waals surface area contributed by atoms with Crippen LogP contribution < -0.4 is 4.90 Å². The molecule has 0 aliphatic rings. The van der Waals surface area contributed by atoms with E-state index in [-0.39, 0.29) is 10.4 Å². The molecule has 16 heavy (non-hydrogen) atoms. The van der Waals surface area contributed by atoms with Crippen LogP contribution in [0.3, 0.4) is 0 Å². The molecule has 0 aliphatic carbocycles. The number of fused-ring (bicyclic) bond motifs is 1. The molecule has 0 fully saturated rings. The summed E-state index contributed by atoms with van der Waals surface area (Å²) in [4.78, 5) is 1.43. The zero-order valence-corrected chi connectivity index (χ0v) is 9.39. The Morgan fingerprint density at radius 2 is 1.88 bits per heavy atom. The van der Waals surface area contributed by atoms with Crippen LogP contribution in [-0.2, 0) is 10.1 Å². The van der Waals surface area contributed by atoms with Crippen molar-refractivity contribution < 1.29 is 17.6 Å². The normalized spacial score (nSPS) is 11.9. The van der Waals surface area contributed by atoms with Crippen molar-refractivity contribution in [1.82, 2.24) is 10.3 Å². The van der Waals surface area contributed by atoms with E-state index in [4.69, 9.17) is 4.55 Å². The van der Waals surface area contributed by atoms with Crippen LogP contribution in [0.4, 0.5) is 5.69 Å². The van der Waals surface area contributed by atoms with Crippen LogP contribution in [0, 0.1) is 0 Å². The van der Waals surface area contributed by atoms with Gasteiger partial charge < -0.3 is 4.90 Å². The molecule has 0 saturated carbocycles. The minimum absolute atomic E-state index is 0.0219. The maximum absolute atomic E-state index is 11.1. The standard InChI is InChI=1S/C8H9N3O4S/c1-11(2)5-3-4-6(16(12,13)14)8-7(5)9-15-10-8/h3-4H,1-2H3,(H,12,13,14). The highest BCUT2D eigenvalue weighted by molar-refractivity contribution is 7.86. The third kappa shape index (κ3) is 1.61. The quantitative estimate of drug-likeness (QED) is 0.768. The molecule has 7 nitrogen and oxygen atoms in total. The molecule has 2 rings (SSSR count). The van der Waals surface area contributed by atoms with Crippen LogP contribution in [0.2, 0.25) is 0 Å². The second-order valence-electron chi connectivity index (χ2n) is 3.41. The van der Waals surface area contributed by atoms with Crippen molar-refractivity contribution in [3.05, 3.63) is 12.1 Å². The number of rotatable bonds is 2. The molecule has 1 N–H and O–H groups in total. The Morgan fingerprint density at radius 1 is 1.25 bits per heavy atom. The molecule has 1 aromatic carbocycles. The number of hydrogen-bond acceptors (Lipinski definition) is 6. The third-order valence-electron chi connectivity index (χ3n) is 2.12. The lowest BCUT2D eigenvalue weighted by molar-refractivity contribution is 0.315. The SMILES string of the molecule is CN(C)c1ccc(S(=O)(=O)O)c2nonc12.